The molecule has 2 atom stereocenters. The summed E-state index contributed by atoms with van der Waals surface area (Å²) in [6.07, 6.45) is 2.04. The normalized spacial score (nSPS) is 25.3. The maximum absolute atomic E-state index is 13.1. The summed E-state index contributed by atoms with van der Waals surface area (Å²) in [5.74, 6) is -0.142. The largest absolute Gasteiger partial charge is 0.376 e. The molecule has 1 N–H and O–H groups in total. The van der Waals surface area contributed by atoms with Crippen LogP contribution in [0.5, 0.6) is 0 Å². The van der Waals surface area contributed by atoms with Gasteiger partial charge in [0.15, 0.2) is 0 Å². The van der Waals surface area contributed by atoms with Crippen LogP contribution in [0.2, 0.25) is 0 Å². The molecule has 1 aromatic carbocycles. The van der Waals surface area contributed by atoms with E-state index in [1.807, 2.05) is 0 Å². The van der Waals surface area contributed by atoms with Crippen LogP contribution in [0.15, 0.2) is 18.2 Å². The Labute approximate surface area is 112 Å². The van der Waals surface area contributed by atoms with Gasteiger partial charge < -0.3 is 5.32 Å². The second-order valence-corrected chi connectivity index (χ2v) is 6.22. The maximum atomic E-state index is 13.1. The number of anilines is 1. The van der Waals surface area contributed by atoms with Crippen LogP contribution in [0.1, 0.15) is 33.6 Å². The summed E-state index contributed by atoms with van der Waals surface area (Å²) in [5.41, 5.74) is 0.448. The summed E-state index contributed by atoms with van der Waals surface area (Å²) >= 11 is 0. The zero-order valence-corrected chi connectivity index (χ0v) is 11.4. The molecule has 4 nitrogen and oxygen atoms in total. The summed E-state index contributed by atoms with van der Waals surface area (Å²) in [5, 5.41) is 14.2. The van der Waals surface area contributed by atoms with Crippen LogP contribution in [0, 0.1) is 27.3 Å². The number of rotatable bonds is 3. The van der Waals surface area contributed by atoms with Crippen molar-refractivity contribution in [3.05, 3.63) is 34.1 Å². The summed E-state index contributed by atoms with van der Waals surface area (Å²) in [4.78, 5) is 10.4. The lowest BCUT2D eigenvalue weighted by Crippen LogP contribution is -2.23. The van der Waals surface area contributed by atoms with E-state index in [0.717, 1.165) is 18.9 Å². The fourth-order valence-corrected chi connectivity index (χ4v) is 3.06. The van der Waals surface area contributed by atoms with Gasteiger partial charge in [0.25, 0.3) is 5.69 Å². The van der Waals surface area contributed by atoms with Gasteiger partial charge in [0.2, 0.25) is 0 Å². The number of nitrogens with zero attached hydrogens (tertiary/aromatic N) is 1. The average Bonchev–Trinajstić information content (AvgIpc) is 2.54. The Morgan fingerprint density at radius 3 is 2.63 bits per heavy atom. The summed E-state index contributed by atoms with van der Waals surface area (Å²) in [6, 6.07) is 3.86. The van der Waals surface area contributed by atoms with Crippen LogP contribution in [-0.2, 0) is 0 Å². The van der Waals surface area contributed by atoms with E-state index in [1.54, 1.807) is 0 Å². The molecule has 0 aliphatic heterocycles. The molecule has 1 saturated carbocycles. The Balaban J connectivity index is 2.22. The first-order chi connectivity index (χ1) is 8.78. The third kappa shape index (κ3) is 3.03. The van der Waals surface area contributed by atoms with Crippen molar-refractivity contribution in [3.8, 4) is 0 Å². The Bertz CT molecular complexity index is 502. The van der Waals surface area contributed by atoms with E-state index in [1.165, 1.54) is 12.1 Å². The Kier molecular flexibility index (Phi) is 3.47. The first-order valence-electron chi connectivity index (χ1n) is 6.49. The zero-order chi connectivity index (χ0) is 14.2. The number of nitro groups is 1. The standard InChI is InChI=1S/C14H19FN2O2/c1-9-7-14(2,3)8-12(9)16-11-5-4-10(15)6-13(11)17(18)19/h4-6,9,12,16H,7-8H2,1-3H3. The fourth-order valence-electron chi connectivity index (χ4n) is 3.06. The molecular formula is C14H19FN2O2. The van der Waals surface area contributed by atoms with E-state index < -0.39 is 10.7 Å². The van der Waals surface area contributed by atoms with Crippen molar-refractivity contribution in [2.24, 2.45) is 11.3 Å². The van der Waals surface area contributed by atoms with Gasteiger partial charge in [-0.1, -0.05) is 20.8 Å². The van der Waals surface area contributed by atoms with E-state index in [-0.39, 0.29) is 17.1 Å². The lowest BCUT2D eigenvalue weighted by atomic mass is 9.91. The van der Waals surface area contributed by atoms with Crippen molar-refractivity contribution in [3.63, 3.8) is 0 Å². The minimum atomic E-state index is -0.586. The van der Waals surface area contributed by atoms with Crippen LogP contribution < -0.4 is 5.32 Å². The van der Waals surface area contributed by atoms with E-state index in [2.05, 4.69) is 26.1 Å². The van der Waals surface area contributed by atoms with Crippen molar-refractivity contribution in [1.29, 1.82) is 0 Å². The molecule has 0 radical (unpaired) electrons. The predicted octanol–water partition coefficient (Wildman–Crippen LogP) is 3.97. The monoisotopic (exact) mass is 266 g/mol. The summed E-state index contributed by atoms with van der Waals surface area (Å²) in [6.45, 7) is 6.54. The lowest BCUT2D eigenvalue weighted by Gasteiger charge is -2.19. The molecular weight excluding hydrogens is 247 g/mol. The number of hydrogen-bond donors (Lipinski definition) is 1. The molecule has 1 aliphatic rings. The minimum absolute atomic E-state index is 0.194. The van der Waals surface area contributed by atoms with Gasteiger partial charge in [-0.25, -0.2) is 4.39 Å². The molecule has 0 bridgehead atoms. The van der Waals surface area contributed by atoms with Gasteiger partial charge in [0.1, 0.15) is 11.5 Å². The Morgan fingerprint density at radius 2 is 2.11 bits per heavy atom. The van der Waals surface area contributed by atoms with E-state index >= 15 is 0 Å². The van der Waals surface area contributed by atoms with Gasteiger partial charge >= 0.3 is 0 Å². The smallest absolute Gasteiger partial charge is 0.295 e. The first-order valence-corrected chi connectivity index (χ1v) is 6.49. The van der Waals surface area contributed by atoms with Crippen LogP contribution in [-0.4, -0.2) is 11.0 Å². The third-order valence-electron chi connectivity index (χ3n) is 3.83. The molecule has 2 unspecified atom stereocenters. The van der Waals surface area contributed by atoms with Gasteiger partial charge in [-0.2, -0.15) is 0 Å². The highest BCUT2D eigenvalue weighted by Gasteiger charge is 2.37. The second kappa shape index (κ2) is 4.79. The van der Waals surface area contributed by atoms with Crippen molar-refractivity contribution in [2.45, 2.75) is 39.7 Å². The molecule has 1 aromatic rings. The van der Waals surface area contributed by atoms with Gasteiger partial charge in [-0.3, -0.25) is 10.1 Å². The molecule has 5 heteroatoms. The molecule has 104 valence electrons. The maximum Gasteiger partial charge on any atom is 0.295 e. The Hall–Kier alpha value is -1.65. The van der Waals surface area contributed by atoms with Crippen molar-refractivity contribution in [1.82, 2.24) is 0 Å². The lowest BCUT2D eigenvalue weighted by molar-refractivity contribution is -0.384. The number of benzene rings is 1. The third-order valence-corrected chi connectivity index (χ3v) is 3.83. The molecule has 0 saturated heterocycles. The van der Waals surface area contributed by atoms with E-state index in [0.29, 0.717) is 11.6 Å². The quantitative estimate of drug-likeness (QED) is 0.665. The molecule has 0 amide bonds. The van der Waals surface area contributed by atoms with Gasteiger partial charge in [0.05, 0.1) is 11.0 Å². The molecule has 1 aliphatic carbocycles. The van der Waals surface area contributed by atoms with Gasteiger partial charge in [0, 0.05) is 6.04 Å². The van der Waals surface area contributed by atoms with E-state index in [4.69, 9.17) is 0 Å². The summed E-state index contributed by atoms with van der Waals surface area (Å²) in [7, 11) is 0. The average molecular weight is 266 g/mol. The van der Waals surface area contributed by atoms with Gasteiger partial charge in [-0.05, 0) is 36.3 Å². The SMILES string of the molecule is CC1CC(C)(C)CC1Nc1ccc(F)cc1[N+](=O)[O-]. The molecule has 0 aromatic heterocycles. The van der Waals surface area contributed by atoms with Gasteiger partial charge in [-0.15, -0.1) is 0 Å². The van der Waals surface area contributed by atoms with Crippen molar-refractivity contribution >= 4 is 11.4 Å². The van der Waals surface area contributed by atoms with Crippen LogP contribution >= 0.6 is 0 Å². The highest BCUT2D eigenvalue weighted by molar-refractivity contribution is 5.62. The number of nitro benzene ring substituents is 1. The molecule has 19 heavy (non-hydrogen) atoms. The molecule has 0 spiro atoms. The number of hydrogen-bond acceptors (Lipinski definition) is 3. The highest BCUT2D eigenvalue weighted by atomic mass is 19.1. The minimum Gasteiger partial charge on any atom is -0.376 e. The Morgan fingerprint density at radius 1 is 1.42 bits per heavy atom. The van der Waals surface area contributed by atoms with Crippen molar-refractivity contribution in [2.75, 3.05) is 5.32 Å². The predicted molar refractivity (Wildman–Crippen MR) is 72.6 cm³/mol. The van der Waals surface area contributed by atoms with Crippen molar-refractivity contribution < 1.29 is 9.31 Å². The van der Waals surface area contributed by atoms with Crippen LogP contribution in [0.25, 0.3) is 0 Å². The summed E-state index contributed by atoms with van der Waals surface area (Å²) < 4.78 is 13.1. The highest BCUT2D eigenvalue weighted by Crippen LogP contribution is 2.42. The van der Waals surface area contributed by atoms with Crippen LogP contribution in [0.4, 0.5) is 15.8 Å². The zero-order valence-electron chi connectivity index (χ0n) is 11.4. The second-order valence-electron chi connectivity index (χ2n) is 6.22. The number of halogens is 1. The van der Waals surface area contributed by atoms with E-state index in [9.17, 15) is 14.5 Å². The molecule has 1 fully saturated rings. The van der Waals surface area contributed by atoms with Crippen LogP contribution in [0.3, 0.4) is 0 Å². The fraction of sp³-hybridized carbons (Fsp3) is 0.571. The first kappa shape index (κ1) is 13.8. The molecule has 2 rings (SSSR count). The number of nitrogens with one attached hydrogen (secondary N) is 1. The topological polar surface area (TPSA) is 55.2 Å². The molecule has 0 heterocycles.